The molecule has 0 aliphatic carbocycles. The van der Waals surface area contributed by atoms with Crippen molar-refractivity contribution in [2.75, 3.05) is 40.3 Å². The Kier molecular flexibility index (Phi) is 7.29. The Hall–Kier alpha value is -2.11. The fourth-order valence-corrected chi connectivity index (χ4v) is 4.09. The molecule has 0 bridgehead atoms. The van der Waals surface area contributed by atoms with Crippen LogP contribution in [0.2, 0.25) is 0 Å². The average molecular weight is 387 g/mol. The average Bonchev–Trinajstić information content (AvgIpc) is 2.68. The first kappa shape index (κ1) is 20.6. The molecular formula is C23H31FN2O2. The number of nitrogens with zero attached hydrogens (tertiary/aromatic N) is 2. The Morgan fingerprint density at radius 3 is 2.64 bits per heavy atom. The molecule has 0 spiro atoms. The van der Waals surface area contributed by atoms with E-state index in [9.17, 15) is 9.50 Å². The molecule has 5 heteroatoms. The smallest absolute Gasteiger partial charge is 0.160 e. The van der Waals surface area contributed by atoms with E-state index in [2.05, 4.69) is 16.8 Å². The molecule has 3 rings (SSSR count). The van der Waals surface area contributed by atoms with Crippen molar-refractivity contribution in [1.29, 1.82) is 0 Å². The fraction of sp³-hybridized carbons (Fsp3) is 0.478. The Balaban J connectivity index is 1.46. The van der Waals surface area contributed by atoms with Gasteiger partial charge in [-0.1, -0.05) is 18.2 Å². The zero-order chi connectivity index (χ0) is 19.9. The SMILES string of the molecule is COc1ccc(CN(C)C[C@H]2CCCN(CCc3ccc(F)cc3)C2)cc1O. The van der Waals surface area contributed by atoms with Crippen molar-refractivity contribution in [3.8, 4) is 11.5 Å². The molecule has 1 atom stereocenters. The summed E-state index contributed by atoms with van der Waals surface area (Å²) in [7, 11) is 3.70. The van der Waals surface area contributed by atoms with Crippen LogP contribution in [0.5, 0.6) is 11.5 Å². The summed E-state index contributed by atoms with van der Waals surface area (Å²) in [5, 5.41) is 9.96. The minimum Gasteiger partial charge on any atom is -0.504 e. The molecule has 1 heterocycles. The van der Waals surface area contributed by atoms with Crippen LogP contribution in [0, 0.1) is 11.7 Å². The summed E-state index contributed by atoms with van der Waals surface area (Å²) >= 11 is 0. The van der Waals surface area contributed by atoms with Gasteiger partial charge in [0, 0.05) is 26.2 Å². The molecule has 0 unspecified atom stereocenters. The number of halogens is 1. The maximum atomic E-state index is 13.0. The Morgan fingerprint density at radius 1 is 1.18 bits per heavy atom. The third kappa shape index (κ3) is 5.94. The first-order chi connectivity index (χ1) is 13.5. The number of likely N-dealkylation sites (tertiary alicyclic amines) is 1. The molecule has 0 amide bonds. The molecular weight excluding hydrogens is 355 g/mol. The predicted molar refractivity (Wildman–Crippen MR) is 110 cm³/mol. The van der Waals surface area contributed by atoms with Gasteiger partial charge in [-0.15, -0.1) is 0 Å². The molecule has 28 heavy (non-hydrogen) atoms. The summed E-state index contributed by atoms with van der Waals surface area (Å²) in [6, 6.07) is 12.5. The van der Waals surface area contributed by atoms with Crippen LogP contribution in [-0.4, -0.2) is 55.2 Å². The van der Waals surface area contributed by atoms with Gasteiger partial charge in [-0.05, 0) is 74.2 Å². The number of benzene rings is 2. The van der Waals surface area contributed by atoms with Crippen LogP contribution in [0.1, 0.15) is 24.0 Å². The molecule has 0 saturated carbocycles. The van der Waals surface area contributed by atoms with Crippen LogP contribution in [0.25, 0.3) is 0 Å². The lowest BCUT2D eigenvalue weighted by Crippen LogP contribution is -2.40. The third-order valence-corrected chi connectivity index (χ3v) is 5.50. The first-order valence-corrected chi connectivity index (χ1v) is 10.0. The second-order valence-electron chi connectivity index (χ2n) is 7.89. The topological polar surface area (TPSA) is 35.9 Å². The van der Waals surface area contributed by atoms with Crippen molar-refractivity contribution in [1.82, 2.24) is 9.80 Å². The van der Waals surface area contributed by atoms with Crippen molar-refractivity contribution >= 4 is 0 Å². The molecule has 0 radical (unpaired) electrons. The van der Waals surface area contributed by atoms with Crippen molar-refractivity contribution in [3.63, 3.8) is 0 Å². The molecule has 1 saturated heterocycles. The van der Waals surface area contributed by atoms with E-state index in [0.717, 1.165) is 44.7 Å². The summed E-state index contributed by atoms with van der Waals surface area (Å²) in [5.74, 6) is 1.18. The summed E-state index contributed by atoms with van der Waals surface area (Å²) < 4.78 is 18.1. The van der Waals surface area contributed by atoms with Crippen LogP contribution in [0.15, 0.2) is 42.5 Å². The maximum absolute atomic E-state index is 13.0. The second-order valence-corrected chi connectivity index (χ2v) is 7.89. The van der Waals surface area contributed by atoms with Crippen LogP contribution in [-0.2, 0) is 13.0 Å². The third-order valence-electron chi connectivity index (χ3n) is 5.50. The van der Waals surface area contributed by atoms with Crippen LogP contribution >= 0.6 is 0 Å². The number of phenolic OH excluding ortho intramolecular Hbond substituents is 1. The lowest BCUT2D eigenvalue weighted by molar-refractivity contribution is 0.142. The molecule has 4 nitrogen and oxygen atoms in total. The molecule has 2 aromatic rings. The minimum atomic E-state index is -0.171. The van der Waals surface area contributed by atoms with E-state index < -0.39 is 0 Å². The van der Waals surface area contributed by atoms with E-state index >= 15 is 0 Å². The van der Waals surface area contributed by atoms with Gasteiger partial charge in [0.1, 0.15) is 5.82 Å². The van der Waals surface area contributed by atoms with Gasteiger partial charge in [-0.2, -0.15) is 0 Å². The van der Waals surface area contributed by atoms with Crippen molar-refractivity contribution in [3.05, 3.63) is 59.4 Å². The maximum Gasteiger partial charge on any atom is 0.160 e. The van der Waals surface area contributed by atoms with Gasteiger partial charge in [0.05, 0.1) is 7.11 Å². The highest BCUT2D eigenvalue weighted by molar-refractivity contribution is 5.41. The normalized spacial score (nSPS) is 17.8. The quantitative estimate of drug-likeness (QED) is 0.746. The van der Waals surface area contributed by atoms with Crippen LogP contribution in [0.4, 0.5) is 4.39 Å². The number of piperidine rings is 1. The highest BCUT2D eigenvalue weighted by Crippen LogP contribution is 2.27. The second kappa shape index (κ2) is 9.89. The van der Waals surface area contributed by atoms with Crippen LogP contribution in [0.3, 0.4) is 0 Å². The number of phenols is 1. The largest absolute Gasteiger partial charge is 0.504 e. The molecule has 1 aliphatic rings. The summed E-state index contributed by atoms with van der Waals surface area (Å²) in [6.45, 7) is 5.13. The zero-order valence-electron chi connectivity index (χ0n) is 16.9. The van der Waals surface area contributed by atoms with Crippen LogP contribution < -0.4 is 4.74 Å². The minimum absolute atomic E-state index is 0.171. The fourth-order valence-electron chi connectivity index (χ4n) is 4.09. The highest BCUT2D eigenvalue weighted by Gasteiger charge is 2.21. The first-order valence-electron chi connectivity index (χ1n) is 10.0. The highest BCUT2D eigenvalue weighted by atomic mass is 19.1. The monoisotopic (exact) mass is 386 g/mol. The molecule has 0 aromatic heterocycles. The number of methoxy groups -OCH3 is 1. The summed E-state index contributed by atoms with van der Waals surface area (Å²) in [4.78, 5) is 4.86. The number of ether oxygens (including phenoxy) is 1. The number of rotatable bonds is 8. The zero-order valence-corrected chi connectivity index (χ0v) is 16.9. The Labute approximate surface area is 167 Å². The van der Waals surface area contributed by atoms with Gasteiger partial charge in [-0.3, -0.25) is 0 Å². The molecule has 1 aliphatic heterocycles. The lowest BCUT2D eigenvalue weighted by atomic mass is 9.97. The molecule has 2 aromatic carbocycles. The molecule has 1 fully saturated rings. The number of hydrogen-bond acceptors (Lipinski definition) is 4. The van der Waals surface area contributed by atoms with E-state index in [1.165, 1.54) is 18.4 Å². The Morgan fingerprint density at radius 2 is 1.93 bits per heavy atom. The predicted octanol–water partition coefficient (Wildman–Crippen LogP) is 3.93. The van der Waals surface area contributed by atoms with Crippen molar-refractivity contribution < 1.29 is 14.2 Å². The van der Waals surface area contributed by atoms with Crippen molar-refractivity contribution in [2.45, 2.75) is 25.8 Å². The lowest BCUT2D eigenvalue weighted by Gasteiger charge is -2.34. The molecule has 1 N–H and O–H groups in total. The van der Waals surface area contributed by atoms with Gasteiger partial charge in [0.2, 0.25) is 0 Å². The van der Waals surface area contributed by atoms with Gasteiger partial charge in [0.25, 0.3) is 0 Å². The summed E-state index contributed by atoms with van der Waals surface area (Å²) in [5.41, 5.74) is 2.28. The van der Waals surface area contributed by atoms with Crippen molar-refractivity contribution in [2.24, 2.45) is 5.92 Å². The van der Waals surface area contributed by atoms with Gasteiger partial charge in [0.15, 0.2) is 11.5 Å². The summed E-state index contributed by atoms with van der Waals surface area (Å²) in [6.07, 6.45) is 3.45. The van der Waals surface area contributed by atoms with E-state index in [-0.39, 0.29) is 11.6 Å². The van der Waals surface area contributed by atoms with Gasteiger partial charge >= 0.3 is 0 Å². The number of hydrogen-bond donors (Lipinski definition) is 1. The van der Waals surface area contributed by atoms with Gasteiger partial charge in [-0.25, -0.2) is 4.39 Å². The van der Waals surface area contributed by atoms with E-state index in [0.29, 0.717) is 11.7 Å². The molecule has 152 valence electrons. The standard InChI is InChI=1S/C23H31FN2O2/c1-25(15-19-7-10-23(28-2)22(27)14-19)16-20-4-3-12-26(17-20)13-11-18-5-8-21(24)9-6-18/h5-10,14,20,27H,3-4,11-13,15-17H2,1-2H3/t20-/m1/s1. The van der Waals surface area contributed by atoms with E-state index in [1.807, 2.05) is 24.3 Å². The number of aromatic hydroxyl groups is 1. The van der Waals surface area contributed by atoms with E-state index in [4.69, 9.17) is 4.74 Å². The van der Waals surface area contributed by atoms with Gasteiger partial charge < -0.3 is 19.6 Å². The van der Waals surface area contributed by atoms with E-state index in [1.54, 1.807) is 25.3 Å². The Bertz CT molecular complexity index is 751.